The van der Waals surface area contributed by atoms with E-state index >= 15 is 0 Å². The second kappa shape index (κ2) is 9.29. The molecule has 30 heavy (non-hydrogen) atoms. The molecule has 2 aromatic carbocycles. The van der Waals surface area contributed by atoms with Gasteiger partial charge in [-0.15, -0.1) is 5.10 Å². The van der Waals surface area contributed by atoms with E-state index in [4.69, 9.17) is 6.57 Å². The maximum atomic E-state index is 12.7. The minimum atomic E-state index is 0.166. The summed E-state index contributed by atoms with van der Waals surface area (Å²) in [5.41, 5.74) is 3.78. The molecule has 0 spiro atoms. The van der Waals surface area contributed by atoms with Crippen LogP contribution in [0.4, 0.5) is 5.69 Å². The number of benzene rings is 2. The fourth-order valence-electron chi connectivity index (χ4n) is 3.58. The molecule has 0 bridgehead atoms. The Morgan fingerprint density at radius 2 is 1.67 bits per heavy atom. The van der Waals surface area contributed by atoms with Crippen LogP contribution in [0.15, 0.2) is 54.9 Å². The number of tetrazole rings is 1. The average Bonchev–Trinajstić information content (AvgIpc) is 3.34. The number of amides is 1. The van der Waals surface area contributed by atoms with Crippen LogP contribution in [0.25, 0.3) is 10.5 Å². The smallest absolute Gasteiger partial charge is 0.227 e. The molecule has 1 aliphatic rings. The molecule has 0 aliphatic carbocycles. The summed E-state index contributed by atoms with van der Waals surface area (Å²) >= 11 is 0. The van der Waals surface area contributed by atoms with E-state index in [0.717, 1.165) is 50.4 Å². The highest BCUT2D eigenvalue weighted by molar-refractivity contribution is 5.79. The van der Waals surface area contributed by atoms with Crippen molar-refractivity contribution >= 4 is 11.6 Å². The van der Waals surface area contributed by atoms with Gasteiger partial charge >= 0.3 is 0 Å². The first-order valence-electron chi connectivity index (χ1n) is 10.00. The Hall–Kier alpha value is -3.57. The van der Waals surface area contributed by atoms with E-state index in [2.05, 4.69) is 25.3 Å². The summed E-state index contributed by atoms with van der Waals surface area (Å²) in [5, 5.41) is 11.1. The SMILES string of the molecule is [C-]#[N+]c1ccc(CCN2CCN(C(=O)Cc3ccc(-n4cnnn4)cc3)CC2)cc1. The van der Waals surface area contributed by atoms with Gasteiger partial charge in [-0.25, -0.2) is 9.53 Å². The Bertz CT molecular complexity index is 999. The lowest BCUT2D eigenvalue weighted by Crippen LogP contribution is -2.49. The van der Waals surface area contributed by atoms with Gasteiger partial charge in [0.1, 0.15) is 6.33 Å². The Kier molecular flexibility index (Phi) is 6.11. The van der Waals surface area contributed by atoms with Crippen molar-refractivity contribution in [3.8, 4) is 5.69 Å². The van der Waals surface area contributed by atoms with Gasteiger partial charge in [0.15, 0.2) is 5.69 Å². The molecule has 1 aromatic heterocycles. The Balaban J connectivity index is 1.22. The van der Waals surface area contributed by atoms with Crippen molar-refractivity contribution in [1.82, 2.24) is 30.0 Å². The fraction of sp³-hybridized carbons (Fsp3) is 0.318. The van der Waals surface area contributed by atoms with Crippen LogP contribution in [-0.2, 0) is 17.6 Å². The Labute approximate surface area is 175 Å². The first kappa shape index (κ1) is 19.7. The molecule has 4 rings (SSSR count). The van der Waals surface area contributed by atoms with Crippen molar-refractivity contribution in [3.63, 3.8) is 0 Å². The summed E-state index contributed by atoms with van der Waals surface area (Å²) in [6.07, 6.45) is 2.91. The number of hydrogen-bond acceptors (Lipinski definition) is 5. The van der Waals surface area contributed by atoms with E-state index in [1.54, 1.807) is 11.0 Å². The molecule has 0 radical (unpaired) electrons. The lowest BCUT2D eigenvalue weighted by Gasteiger charge is -2.34. The summed E-state index contributed by atoms with van der Waals surface area (Å²) in [7, 11) is 0. The molecule has 0 saturated carbocycles. The Morgan fingerprint density at radius 3 is 2.30 bits per heavy atom. The minimum absolute atomic E-state index is 0.166. The molecule has 0 N–H and O–H groups in total. The lowest BCUT2D eigenvalue weighted by molar-refractivity contribution is -0.132. The molecule has 1 fully saturated rings. The van der Waals surface area contributed by atoms with E-state index in [9.17, 15) is 4.79 Å². The highest BCUT2D eigenvalue weighted by Crippen LogP contribution is 2.14. The van der Waals surface area contributed by atoms with Gasteiger partial charge in [0, 0.05) is 32.7 Å². The maximum absolute atomic E-state index is 12.7. The van der Waals surface area contributed by atoms with Crippen molar-refractivity contribution in [2.24, 2.45) is 0 Å². The zero-order chi connectivity index (χ0) is 20.8. The zero-order valence-electron chi connectivity index (χ0n) is 16.7. The molecule has 1 amide bonds. The molecular weight excluding hydrogens is 378 g/mol. The highest BCUT2D eigenvalue weighted by atomic mass is 16.2. The highest BCUT2D eigenvalue weighted by Gasteiger charge is 2.21. The average molecular weight is 401 g/mol. The number of rotatable bonds is 6. The summed E-state index contributed by atoms with van der Waals surface area (Å²) in [4.78, 5) is 20.4. The van der Waals surface area contributed by atoms with Crippen LogP contribution in [0.1, 0.15) is 11.1 Å². The van der Waals surface area contributed by atoms with Crippen LogP contribution < -0.4 is 0 Å². The van der Waals surface area contributed by atoms with Gasteiger partial charge in [0.05, 0.1) is 18.7 Å². The van der Waals surface area contributed by atoms with E-state index in [1.165, 1.54) is 5.56 Å². The third kappa shape index (κ3) is 4.88. The minimum Gasteiger partial charge on any atom is -0.340 e. The second-order valence-corrected chi connectivity index (χ2v) is 7.35. The van der Waals surface area contributed by atoms with Gasteiger partial charge in [0.25, 0.3) is 0 Å². The van der Waals surface area contributed by atoms with Gasteiger partial charge < -0.3 is 4.90 Å². The summed E-state index contributed by atoms with van der Waals surface area (Å²) in [6, 6.07) is 15.5. The topological polar surface area (TPSA) is 71.5 Å². The van der Waals surface area contributed by atoms with Gasteiger partial charge in [-0.3, -0.25) is 9.69 Å². The normalized spacial score (nSPS) is 14.4. The first-order chi connectivity index (χ1) is 14.7. The van der Waals surface area contributed by atoms with E-state index in [-0.39, 0.29) is 5.91 Å². The molecule has 1 aliphatic heterocycles. The summed E-state index contributed by atoms with van der Waals surface area (Å²) in [5.74, 6) is 0.166. The number of carbonyl (C=O) groups excluding carboxylic acids is 1. The van der Waals surface area contributed by atoms with Gasteiger partial charge in [0.2, 0.25) is 5.91 Å². The van der Waals surface area contributed by atoms with Crippen LogP contribution in [0.5, 0.6) is 0 Å². The van der Waals surface area contributed by atoms with Crippen molar-refractivity contribution < 1.29 is 4.79 Å². The molecule has 8 nitrogen and oxygen atoms in total. The predicted molar refractivity (Wildman–Crippen MR) is 112 cm³/mol. The molecule has 0 unspecified atom stereocenters. The summed E-state index contributed by atoms with van der Waals surface area (Å²) in [6.45, 7) is 11.3. The molecule has 2 heterocycles. The molecule has 8 heteroatoms. The fourth-order valence-corrected chi connectivity index (χ4v) is 3.58. The third-order valence-corrected chi connectivity index (χ3v) is 5.41. The van der Waals surface area contributed by atoms with Crippen molar-refractivity contribution in [2.75, 3.05) is 32.7 Å². The van der Waals surface area contributed by atoms with Crippen LogP contribution in [0.2, 0.25) is 0 Å². The number of aromatic nitrogens is 4. The lowest BCUT2D eigenvalue weighted by atomic mass is 10.1. The second-order valence-electron chi connectivity index (χ2n) is 7.35. The number of hydrogen-bond donors (Lipinski definition) is 0. The molecule has 3 aromatic rings. The monoisotopic (exact) mass is 401 g/mol. The van der Waals surface area contributed by atoms with Crippen LogP contribution in [0, 0.1) is 6.57 Å². The van der Waals surface area contributed by atoms with Gasteiger partial charge in [-0.1, -0.05) is 36.4 Å². The number of piperazine rings is 1. The summed E-state index contributed by atoms with van der Waals surface area (Å²) < 4.78 is 1.59. The number of carbonyl (C=O) groups is 1. The van der Waals surface area contributed by atoms with Gasteiger partial charge in [-0.2, -0.15) is 0 Å². The van der Waals surface area contributed by atoms with E-state index in [1.807, 2.05) is 53.4 Å². The Morgan fingerprint density at radius 1 is 0.967 bits per heavy atom. The quantitative estimate of drug-likeness (QED) is 0.592. The molecule has 1 saturated heterocycles. The van der Waals surface area contributed by atoms with Crippen LogP contribution >= 0.6 is 0 Å². The molecule has 152 valence electrons. The standard InChI is InChI=1S/C22H23N7O/c1-23-20-6-2-18(3-7-20)10-11-27-12-14-28(15-13-27)22(30)16-19-4-8-21(9-5-19)29-17-24-25-26-29/h2-9,17H,10-16H2. The van der Waals surface area contributed by atoms with Crippen LogP contribution in [-0.4, -0.2) is 68.6 Å². The number of nitrogens with zero attached hydrogens (tertiary/aromatic N) is 7. The molecular formula is C22H23N7O. The first-order valence-corrected chi connectivity index (χ1v) is 10.00. The third-order valence-electron chi connectivity index (χ3n) is 5.41. The van der Waals surface area contributed by atoms with E-state index in [0.29, 0.717) is 12.1 Å². The molecule has 0 atom stereocenters. The zero-order valence-corrected chi connectivity index (χ0v) is 16.7. The largest absolute Gasteiger partial charge is 0.340 e. The van der Waals surface area contributed by atoms with Crippen molar-refractivity contribution in [3.05, 3.63) is 77.4 Å². The van der Waals surface area contributed by atoms with Crippen LogP contribution in [0.3, 0.4) is 0 Å². The predicted octanol–water partition coefficient (Wildman–Crippen LogP) is 2.14. The van der Waals surface area contributed by atoms with Gasteiger partial charge in [-0.05, 0) is 40.1 Å². The van der Waals surface area contributed by atoms with Crippen molar-refractivity contribution in [1.29, 1.82) is 0 Å². The maximum Gasteiger partial charge on any atom is 0.227 e. The van der Waals surface area contributed by atoms with Crippen molar-refractivity contribution in [2.45, 2.75) is 12.8 Å². The van der Waals surface area contributed by atoms with E-state index < -0.39 is 0 Å².